The molecule has 8 nitrogen and oxygen atoms in total. The highest BCUT2D eigenvalue weighted by Gasteiger charge is 2.17. The predicted octanol–water partition coefficient (Wildman–Crippen LogP) is 1.99. The number of nitrogens with one attached hydrogen (secondary N) is 1. The largest absolute Gasteiger partial charge is 0.478 e. The van der Waals surface area contributed by atoms with Gasteiger partial charge in [-0.05, 0) is 39.0 Å². The third kappa shape index (κ3) is 4.53. The average molecular weight is 318 g/mol. The molecule has 2 rings (SSSR count). The number of nitrogens with zero attached hydrogens (tertiary/aromatic N) is 3. The number of amides is 1. The van der Waals surface area contributed by atoms with Gasteiger partial charge in [0.05, 0.1) is 12.1 Å². The van der Waals surface area contributed by atoms with E-state index >= 15 is 0 Å². The van der Waals surface area contributed by atoms with Crippen molar-refractivity contribution in [1.82, 2.24) is 20.1 Å². The van der Waals surface area contributed by atoms with Crippen LogP contribution in [0.5, 0.6) is 0 Å². The van der Waals surface area contributed by atoms with Crippen molar-refractivity contribution >= 4 is 12.1 Å². The fourth-order valence-corrected chi connectivity index (χ4v) is 1.85. The highest BCUT2D eigenvalue weighted by molar-refractivity contribution is 5.88. The van der Waals surface area contributed by atoms with E-state index in [4.69, 9.17) is 9.84 Å². The van der Waals surface area contributed by atoms with Crippen molar-refractivity contribution in [2.75, 3.05) is 0 Å². The highest BCUT2D eigenvalue weighted by Crippen LogP contribution is 2.13. The molecule has 0 unspecified atom stereocenters. The first-order chi connectivity index (χ1) is 10.8. The SMILES string of the molecule is CC(C)(C)OC(=O)NCc1nncn1-c1cccc(C(=O)O)c1. The van der Waals surface area contributed by atoms with Crippen molar-refractivity contribution in [2.24, 2.45) is 0 Å². The number of ether oxygens (including phenoxy) is 1. The van der Waals surface area contributed by atoms with Crippen LogP contribution in [0.1, 0.15) is 37.0 Å². The van der Waals surface area contributed by atoms with Crippen molar-refractivity contribution in [3.05, 3.63) is 42.0 Å². The Morgan fingerprint density at radius 1 is 1.35 bits per heavy atom. The van der Waals surface area contributed by atoms with Gasteiger partial charge in [-0.1, -0.05) is 6.07 Å². The monoisotopic (exact) mass is 318 g/mol. The normalized spacial score (nSPS) is 11.1. The molecular weight excluding hydrogens is 300 g/mol. The van der Waals surface area contributed by atoms with Crippen LogP contribution in [0.15, 0.2) is 30.6 Å². The number of carbonyl (C=O) groups is 2. The number of carboxylic acid groups (broad SMARTS) is 1. The van der Waals surface area contributed by atoms with Gasteiger partial charge >= 0.3 is 12.1 Å². The van der Waals surface area contributed by atoms with Crippen molar-refractivity contribution < 1.29 is 19.4 Å². The fourth-order valence-electron chi connectivity index (χ4n) is 1.85. The summed E-state index contributed by atoms with van der Waals surface area (Å²) in [6, 6.07) is 6.36. The number of rotatable bonds is 4. The van der Waals surface area contributed by atoms with E-state index in [9.17, 15) is 9.59 Å². The minimum atomic E-state index is -1.02. The lowest BCUT2D eigenvalue weighted by Gasteiger charge is -2.19. The smallest absolute Gasteiger partial charge is 0.408 e. The van der Waals surface area contributed by atoms with E-state index in [1.165, 1.54) is 18.5 Å². The molecule has 122 valence electrons. The number of alkyl carbamates (subject to hydrolysis) is 1. The number of carbonyl (C=O) groups excluding carboxylic acids is 1. The summed E-state index contributed by atoms with van der Waals surface area (Å²) in [6.45, 7) is 5.41. The summed E-state index contributed by atoms with van der Waals surface area (Å²) in [5.74, 6) is -0.563. The molecule has 0 fully saturated rings. The van der Waals surface area contributed by atoms with Gasteiger partial charge in [0.25, 0.3) is 0 Å². The molecule has 0 aliphatic heterocycles. The maximum absolute atomic E-state index is 11.7. The Balaban J connectivity index is 2.12. The Bertz CT molecular complexity index is 718. The van der Waals surface area contributed by atoms with Gasteiger partial charge in [0.1, 0.15) is 11.9 Å². The molecule has 0 radical (unpaired) electrons. The van der Waals surface area contributed by atoms with E-state index in [1.807, 2.05) is 0 Å². The third-order valence-corrected chi connectivity index (χ3v) is 2.78. The molecule has 0 bridgehead atoms. The second-order valence-corrected chi connectivity index (χ2v) is 5.83. The summed E-state index contributed by atoms with van der Waals surface area (Å²) in [5.41, 5.74) is 0.159. The molecule has 2 N–H and O–H groups in total. The Morgan fingerprint density at radius 2 is 2.09 bits per heavy atom. The van der Waals surface area contributed by atoms with Crippen molar-refractivity contribution in [3.8, 4) is 5.69 Å². The lowest BCUT2D eigenvalue weighted by Crippen LogP contribution is -2.32. The standard InChI is InChI=1S/C15H18N4O4/c1-15(2,3)23-14(22)16-8-12-18-17-9-19(12)11-6-4-5-10(7-11)13(20)21/h4-7,9H,8H2,1-3H3,(H,16,22)(H,20,21). The maximum Gasteiger partial charge on any atom is 0.408 e. The molecule has 1 amide bonds. The number of aromatic nitrogens is 3. The quantitative estimate of drug-likeness (QED) is 0.893. The van der Waals surface area contributed by atoms with Crippen LogP contribution in [-0.4, -0.2) is 37.5 Å². The second kappa shape index (κ2) is 6.47. The molecule has 1 heterocycles. The van der Waals surface area contributed by atoms with Gasteiger partial charge in [0, 0.05) is 5.69 Å². The summed E-state index contributed by atoms with van der Waals surface area (Å²) < 4.78 is 6.75. The van der Waals surface area contributed by atoms with Crippen LogP contribution in [0.3, 0.4) is 0 Å². The zero-order valence-electron chi connectivity index (χ0n) is 13.1. The third-order valence-electron chi connectivity index (χ3n) is 2.78. The number of benzene rings is 1. The van der Waals surface area contributed by atoms with Crippen molar-refractivity contribution in [2.45, 2.75) is 32.9 Å². The van der Waals surface area contributed by atoms with Gasteiger partial charge in [-0.15, -0.1) is 10.2 Å². The number of hydrogen-bond acceptors (Lipinski definition) is 5. The van der Waals surface area contributed by atoms with Crippen LogP contribution in [0, 0.1) is 0 Å². The van der Waals surface area contributed by atoms with Gasteiger partial charge in [-0.2, -0.15) is 0 Å². The average Bonchev–Trinajstić information content (AvgIpc) is 2.92. The van der Waals surface area contributed by atoms with Gasteiger partial charge in [0.15, 0.2) is 5.82 Å². The van der Waals surface area contributed by atoms with Crippen LogP contribution in [-0.2, 0) is 11.3 Å². The molecular formula is C15H18N4O4. The van der Waals surface area contributed by atoms with E-state index in [0.29, 0.717) is 11.5 Å². The van der Waals surface area contributed by atoms with Crippen LogP contribution >= 0.6 is 0 Å². The minimum Gasteiger partial charge on any atom is -0.478 e. The first kappa shape index (κ1) is 16.5. The Hall–Kier alpha value is -2.90. The van der Waals surface area contributed by atoms with Gasteiger partial charge < -0.3 is 15.2 Å². The van der Waals surface area contributed by atoms with E-state index in [1.54, 1.807) is 37.5 Å². The molecule has 0 aliphatic rings. The molecule has 0 saturated carbocycles. The lowest BCUT2D eigenvalue weighted by atomic mass is 10.2. The van der Waals surface area contributed by atoms with Gasteiger partial charge in [0.2, 0.25) is 0 Å². The molecule has 0 atom stereocenters. The summed E-state index contributed by atoms with van der Waals surface area (Å²) >= 11 is 0. The molecule has 8 heteroatoms. The Morgan fingerprint density at radius 3 is 2.74 bits per heavy atom. The summed E-state index contributed by atoms with van der Waals surface area (Å²) in [6.07, 6.45) is 0.888. The Labute approximate surface area is 133 Å². The lowest BCUT2D eigenvalue weighted by molar-refractivity contribution is 0.0521. The number of hydrogen-bond donors (Lipinski definition) is 2. The van der Waals surface area contributed by atoms with Crippen molar-refractivity contribution in [1.29, 1.82) is 0 Å². The first-order valence-electron chi connectivity index (χ1n) is 6.96. The van der Waals surface area contributed by atoms with Crippen LogP contribution in [0.4, 0.5) is 4.79 Å². The van der Waals surface area contributed by atoms with Crippen LogP contribution in [0.25, 0.3) is 5.69 Å². The molecule has 0 spiro atoms. The highest BCUT2D eigenvalue weighted by atomic mass is 16.6. The van der Waals surface area contributed by atoms with Crippen molar-refractivity contribution in [3.63, 3.8) is 0 Å². The van der Waals surface area contributed by atoms with Crippen LogP contribution < -0.4 is 5.32 Å². The zero-order valence-corrected chi connectivity index (χ0v) is 13.1. The van der Waals surface area contributed by atoms with E-state index < -0.39 is 17.7 Å². The topological polar surface area (TPSA) is 106 Å². The van der Waals surface area contributed by atoms with E-state index in [0.717, 1.165) is 0 Å². The van der Waals surface area contributed by atoms with E-state index in [2.05, 4.69) is 15.5 Å². The number of aromatic carboxylic acids is 1. The predicted molar refractivity (Wildman–Crippen MR) is 81.4 cm³/mol. The second-order valence-electron chi connectivity index (χ2n) is 5.83. The van der Waals surface area contributed by atoms with Gasteiger partial charge in [-0.3, -0.25) is 4.57 Å². The molecule has 1 aromatic heterocycles. The van der Waals surface area contributed by atoms with Gasteiger partial charge in [-0.25, -0.2) is 9.59 Å². The van der Waals surface area contributed by atoms with E-state index in [-0.39, 0.29) is 12.1 Å². The summed E-state index contributed by atoms with van der Waals surface area (Å²) in [7, 11) is 0. The van der Waals surface area contributed by atoms with Crippen LogP contribution in [0.2, 0.25) is 0 Å². The molecule has 2 aromatic rings. The Kier molecular flexibility index (Phi) is 4.63. The summed E-state index contributed by atoms with van der Waals surface area (Å²) in [4.78, 5) is 22.7. The maximum atomic E-state index is 11.7. The molecule has 0 aliphatic carbocycles. The summed E-state index contributed by atoms with van der Waals surface area (Å²) in [5, 5.41) is 19.4. The fraction of sp³-hybridized carbons (Fsp3) is 0.333. The zero-order chi connectivity index (χ0) is 17.0. The number of carboxylic acids is 1. The minimum absolute atomic E-state index is 0.103. The molecule has 1 aromatic carbocycles. The molecule has 23 heavy (non-hydrogen) atoms. The first-order valence-corrected chi connectivity index (χ1v) is 6.96. The molecule has 0 saturated heterocycles.